The van der Waals surface area contributed by atoms with Crippen molar-refractivity contribution in [2.24, 2.45) is 5.92 Å². The highest BCUT2D eigenvalue weighted by atomic mass is 16.6. The van der Waals surface area contributed by atoms with Gasteiger partial charge in [-0.05, 0) is 79.5 Å². The van der Waals surface area contributed by atoms with E-state index in [1.54, 1.807) is 0 Å². The lowest BCUT2D eigenvalue weighted by Gasteiger charge is -2.36. The Morgan fingerprint density at radius 3 is 2.35 bits per heavy atom. The first-order valence-corrected chi connectivity index (χ1v) is 9.40. The molecule has 1 heterocycles. The number of carbonyl (C=O) groups excluding carboxylic acids is 1. The molecule has 3 aromatic rings. The van der Waals surface area contributed by atoms with E-state index >= 15 is 0 Å². The van der Waals surface area contributed by atoms with Crippen LogP contribution in [0.4, 0.5) is 0 Å². The minimum absolute atomic E-state index is 0.227. The molecule has 0 bridgehead atoms. The minimum atomic E-state index is -0.460. The van der Waals surface area contributed by atoms with Crippen LogP contribution in [0.3, 0.4) is 0 Å². The molecule has 26 heavy (non-hydrogen) atoms. The maximum atomic E-state index is 13.0. The summed E-state index contributed by atoms with van der Waals surface area (Å²) in [5.41, 5.74) is 0.188. The lowest BCUT2D eigenvalue weighted by atomic mass is 9.83. The molecule has 1 aliphatic rings. The van der Waals surface area contributed by atoms with Crippen LogP contribution in [-0.4, -0.2) is 24.7 Å². The Labute approximate surface area is 154 Å². The monoisotopic (exact) mass is 347 g/mol. The molecule has 3 heteroatoms. The molecule has 134 valence electrons. The smallest absolute Gasteiger partial charge is 0.339 e. The molecule has 0 unspecified atom stereocenters. The lowest BCUT2D eigenvalue weighted by Crippen LogP contribution is -2.42. The Morgan fingerprint density at radius 1 is 0.962 bits per heavy atom. The van der Waals surface area contributed by atoms with Crippen LogP contribution in [0.5, 0.6) is 0 Å². The van der Waals surface area contributed by atoms with Crippen molar-refractivity contribution in [1.29, 1.82) is 0 Å². The van der Waals surface area contributed by atoms with E-state index in [-0.39, 0.29) is 5.97 Å². The molecule has 1 saturated heterocycles. The minimum Gasteiger partial charge on any atom is -0.456 e. The number of hydrogen-bond donors (Lipinski definition) is 1. The van der Waals surface area contributed by atoms with Crippen molar-refractivity contribution >= 4 is 27.5 Å². The van der Waals surface area contributed by atoms with Crippen molar-refractivity contribution in [3.8, 4) is 0 Å². The molecular formula is C23H25NO2. The molecule has 4 rings (SSSR count). The van der Waals surface area contributed by atoms with E-state index in [0.717, 1.165) is 42.1 Å². The highest BCUT2D eigenvalue weighted by molar-refractivity contribution is 6.09. The number of fused-ring (bicyclic) bond motifs is 2. The Bertz CT molecular complexity index is 955. The van der Waals surface area contributed by atoms with Crippen LogP contribution in [0.15, 0.2) is 54.6 Å². The van der Waals surface area contributed by atoms with Gasteiger partial charge in [0.15, 0.2) is 0 Å². The molecule has 0 aromatic heterocycles. The van der Waals surface area contributed by atoms with Crippen LogP contribution in [0.1, 0.15) is 37.0 Å². The van der Waals surface area contributed by atoms with Crippen LogP contribution in [0.2, 0.25) is 0 Å². The highest BCUT2D eigenvalue weighted by Gasteiger charge is 2.34. The van der Waals surface area contributed by atoms with Crippen LogP contribution < -0.4 is 5.32 Å². The molecule has 0 radical (unpaired) electrons. The summed E-state index contributed by atoms with van der Waals surface area (Å²) in [7, 11) is 0. The van der Waals surface area contributed by atoms with E-state index in [1.165, 1.54) is 5.39 Å². The van der Waals surface area contributed by atoms with Gasteiger partial charge in [0.1, 0.15) is 5.60 Å². The van der Waals surface area contributed by atoms with Crippen molar-refractivity contribution < 1.29 is 9.53 Å². The number of benzene rings is 3. The molecule has 0 saturated carbocycles. The summed E-state index contributed by atoms with van der Waals surface area (Å²) < 4.78 is 6.02. The summed E-state index contributed by atoms with van der Waals surface area (Å²) in [5, 5.41) is 7.71. The summed E-state index contributed by atoms with van der Waals surface area (Å²) in [6.07, 6.45) is 2.08. The van der Waals surface area contributed by atoms with E-state index in [4.69, 9.17) is 4.74 Å². The first-order valence-electron chi connectivity index (χ1n) is 9.40. The molecule has 1 N–H and O–H groups in total. The molecule has 0 atom stereocenters. The molecule has 1 fully saturated rings. The van der Waals surface area contributed by atoms with Gasteiger partial charge in [0, 0.05) is 5.92 Å². The molecular weight excluding hydrogens is 322 g/mol. The predicted octanol–water partition coefficient (Wildman–Crippen LogP) is 4.93. The summed E-state index contributed by atoms with van der Waals surface area (Å²) in [4.78, 5) is 13.0. The molecule has 0 spiro atoms. The standard InChI is InChI=1S/C23H25NO2/c1-23(2,19-10-12-24-13-11-19)26-22(25)20-9-5-8-18-14-16-6-3-4-7-17(16)15-21(18)20/h3-9,14-15,19,24H,10-13H2,1-2H3. The summed E-state index contributed by atoms with van der Waals surface area (Å²) in [5.74, 6) is 0.165. The predicted molar refractivity (Wildman–Crippen MR) is 107 cm³/mol. The Hall–Kier alpha value is -2.39. The fourth-order valence-corrected chi connectivity index (χ4v) is 4.04. The van der Waals surface area contributed by atoms with Crippen molar-refractivity contribution in [1.82, 2.24) is 5.32 Å². The number of piperidine rings is 1. The second kappa shape index (κ2) is 6.73. The van der Waals surface area contributed by atoms with E-state index in [1.807, 2.05) is 38.1 Å². The van der Waals surface area contributed by atoms with Gasteiger partial charge < -0.3 is 10.1 Å². The fraction of sp³-hybridized carbons (Fsp3) is 0.348. The Balaban J connectivity index is 1.69. The Morgan fingerprint density at radius 2 is 1.62 bits per heavy atom. The largest absolute Gasteiger partial charge is 0.456 e. The van der Waals surface area contributed by atoms with E-state index < -0.39 is 5.60 Å². The normalized spacial score (nSPS) is 16.1. The highest BCUT2D eigenvalue weighted by Crippen LogP contribution is 2.31. The number of esters is 1. The molecule has 0 amide bonds. The Kier molecular flexibility index (Phi) is 4.41. The van der Waals surface area contributed by atoms with Crippen molar-refractivity contribution in [3.63, 3.8) is 0 Å². The average Bonchev–Trinajstić information content (AvgIpc) is 2.66. The van der Waals surface area contributed by atoms with Gasteiger partial charge in [-0.25, -0.2) is 4.79 Å². The number of rotatable bonds is 3. The third kappa shape index (κ3) is 3.19. The molecule has 3 aromatic carbocycles. The summed E-state index contributed by atoms with van der Waals surface area (Å²) >= 11 is 0. The zero-order valence-corrected chi connectivity index (χ0v) is 15.4. The van der Waals surface area contributed by atoms with Crippen LogP contribution in [0.25, 0.3) is 21.5 Å². The van der Waals surface area contributed by atoms with Gasteiger partial charge in [-0.2, -0.15) is 0 Å². The van der Waals surface area contributed by atoms with Gasteiger partial charge in [0.2, 0.25) is 0 Å². The number of hydrogen-bond acceptors (Lipinski definition) is 3. The van der Waals surface area contributed by atoms with Crippen LogP contribution in [0, 0.1) is 5.92 Å². The lowest BCUT2D eigenvalue weighted by molar-refractivity contribution is -0.0366. The number of ether oxygens (including phenoxy) is 1. The van der Waals surface area contributed by atoms with E-state index in [2.05, 4.69) is 35.6 Å². The van der Waals surface area contributed by atoms with Gasteiger partial charge in [0.05, 0.1) is 5.56 Å². The maximum absolute atomic E-state index is 13.0. The third-order valence-corrected chi connectivity index (χ3v) is 5.64. The van der Waals surface area contributed by atoms with Gasteiger partial charge in [-0.1, -0.05) is 36.4 Å². The summed E-state index contributed by atoms with van der Waals surface area (Å²) in [6.45, 7) is 6.07. The van der Waals surface area contributed by atoms with Gasteiger partial charge >= 0.3 is 5.97 Å². The quantitative estimate of drug-likeness (QED) is 0.539. The van der Waals surface area contributed by atoms with Gasteiger partial charge in [-0.3, -0.25) is 0 Å². The number of nitrogens with one attached hydrogen (secondary N) is 1. The summed E-state index contributed by atoms with van der Waals surface area (Å²) in [6, 6.07) is 18.3. The zero-order chi connectivity index (χ0) is 18.1. The number of carbonyl (C=O) groups is 1. The zero-order valence-electron chi connectivity index (χ0n) is 15.4. The third-order valence-electron chi connectivity index (χ3n) is 5.64. The van der Waals surface area contributed by atoms with Gasteiger partial charge in [-0.15, -0.1) is 0 Å². The van der Waals surface area contributed by atoms with Crippen molar-refractivity contribution in [2.45, 2.75) is 32.3 Å². The van der Waals surface area contributed by atoms with E-state index in [0.29, 0.717) is 11.5 Å². The van der Waals surface area contributed by atoms with Crippen molar-refractivity contribution in [3.05, 3.63) is 60.2 Å². The van der Waals surface area contributed by atoms with Crippen LogP contribution >= 0.6 is 0 Å². The second-order valence-electron chi connectivity index (χ2n) is 7.74. The first-order chi connectivity index (χ1) is 12.5. The molecule has 0 aliphatic carbocycles. The topological polar surface area (TPSA) is 38.3 Å². The van der Waals surface area contributed by atoms with E-state index in [9.17, 15) is 4.79 Å². The second-order valence-corrected chi connectivity index (χ2v) is 7.74. The molecule has 3 nitrogen and oxygen atoms in total. The average molecular weight is 347 g/mol. The van der Waals surface area contributed by atoms with Crippen LogP contribution in [-0.2, 0) is 4.74 Å². The fourth-order valence-electron chi connectivity index (χ4n) is 4.04. The maximum Gasteiger partial charge on any atom is 0.339 e. The first kappa shape index (κ1) is 17.0. The molecule has 1 aliphatic heterocycles. The van der Waals surface area contributed by atoms with Crippen molar-refractivity contribution in [2.75, 3.05) is 13.1 Å². The SMILES string of the molecule is CC(C)(OC(=O)c1cccc2cc3ccccc3cc12)C1CCNCC1. The van der Waals surface area contributed by atoms with Gasteiger partial charge in [0.25, 0.3) is 0 Å².